The summed E-state index contributed by atoms with van der Waals surface area (Å²) in [6.45, 7) is 3.99. The molecule has 1 fully saturated rings. The Balaban J connectivity index is 2.15. The number of morpholine rings is 1. The fourth-order valence-corrected chi connectivity index (χ4v) is 1.98. The first kappa shape index (κ1) is 9.69. The zero-order valence-corrected chi connectivity index (χ0v) is 8.57. The quantitative estimate of drug-likeness (QED) is 0.773. The standard InChI is InChI=1S/C12H17NO/c1-2-11-12(14-9-8-13-11)10-6-4-3-5-7-10/h3-7,11-13H,2,8-9H2,1H3/t11-,12+/m0/s1. The van der Waals surface area contributed by atoms with Crippen molar-refractivity contribution in [3.8, 4) is 0 Å². The van der Waals surface area contributed by atoms with E-state index in [0.29, 0.717) is 6.04 Å². The Morgan fingerprint density at radius 3 is 2.86 bits per heavy atom. The van der Waals surface area contributed by atoms with Gasteiger partial charge in [0, 0.05) is 12.6 Å². The molecule has 1 heterocycles. The Labute approximate surface area is 85.3 Å². The van der Waals surface area contributed by atoms with E-state index >= 15 is 0 Å². The van der Waals surface area contributed by atoms with Crippen molar-refractivity contribution in [3.05, 3.63) is 35.9 Å². The van der Waals surface area contributed by atoms with E-state index in [1.54, 1.807) is 0 Å². The molecule has 0 amide bonds. The zero-order valence-electron chi connectivity index (χ0n) is 8.57. The zero-order chi connectivity index (χ0) is 9.80. The molecule has 2 heteroatoms. The highest BCUT2D eigenvalue weighted by atomic mass is 16.5. The fourth-order valence-electron chi connectivity index (χ4n) is 1.98. The molecule has 1 N–H and O–H groups in total. The summed E-state index contributed by atoms with van der Waals surface area (Å²) in [6, 6.07) is 10.9. The maximum Gasteiger partial charge on any atom is 0.0978 e. The third kappa shape index (κ3) is 1.97. The molecule has 1 aromatic carbocycles. The van der Waals surface area contributed by atoms with Crippen molar-refractivity contribution >= 4 is 0 Å². The predicted octanol–water partition coefficient (Wildman–Crippen LogP) is 2.13. The van der Waals surface area contributed by atoms with Crippen LogP contribution in [0.15, 0.2) is 30.3 Å². The summed E-state index contributed by atoms with van der Waals surface area (Å²) in [5, 5.41) is 3.49. The maximum atomic E-state index is 5.80. The van der Waals surface area contributed by atoms with Crippen LogP contribution in [0.3, 0.4) is 0 Å². The summed E-state index contributed by atoms with van der Waals surface area (Å²) in [5.41, 5.74) is 1.28. The predicted molar refractivity (Wildman–Crippen MR) is 57.2 cm³/mol. The first-order valence-electron chi connectivity index (χ1n) is 5.31. The van der Waals surface area contributed by atoms with Crippen LogP contribution in [-0.4, -0.2) is 19.2 Å². The van der Waals surface area contributed by atoms with Crippen molar-refractivity contribution in [2.45, 2.75) is 25.5 Å². The number of hydrogen-bond donors (Lipinski definition) is 1. The first-order chi connectivity index (χ1) is 6.92. The molecule has 0 bridgehead atoms. The van der Waals surface area contributed by atoms with Crippen LogP contribution >= 0.6 is 0 Å². The Bertz CT molecular complexity index is 273. The molecule has 0 aromatic heterocycles. The molecule has 2 atom stereocenters. The Kier molecular flexibility index (Phi) is 3.17. The van der Waals surface area contributed by atoms with Crippen LogP contribution in [0.1, 0.15) is 25.0 Å². The lowest BCUT2D eigenvalue weighted by Gasteiger charge is -2.32. The molecule has 0 radical (unpaired) electrons. The fraction of sp³-hybridized carbons (Fsp3) is 0.500. The molecule has 0 spiro atoms. The highest BCUT2D eigenvalue weighted by molar-refractivity contribution is 5.19. The number of hydrogen-bond acceptors (Lipinski definition) is 2. The third-order valence-electron chi connectivity index (χ3n) is 2.74. The lowest BCUT2D eigenvalue weighted by molar-refractivity contribution is -0.00641. The van der Waals surface area contributed by atoms with E-state index in [9.17, 15) is 0 Å². The van der Waals surface area contributed by atoms with E-state index in [-0.39, 0.29) is 6.10 Å². The van der Waals surface area contributed by atoms with Gasteiger partial charge in [0.25, 0.3) is 0 Å². The van der Waals surface area contributed by atoms with Crippen LogP contribution in [-0.2, 0) is 4.74 Å². The summed E-state index contributed by atoms with van der Waals surface area (Å²) in [5.74, 6) is 0. The van der Waals surface area contributed by atoms with E-state index in [1.807, 2.05) is 6.07 Å². The summed E-state index contributed by atoms with van der Waals surface area (Å²) in [4.78, 5) is 0. The highest BCUT2D eigenvalue weighted by Gasteiger charge is 2.24. The van der Waals surface area contributed by atoms with Crippen molar-refractivity contribution in [1.82, 2.24) is 5.32 Å². The molecular weight excluding hydrogens is 174 g/mol. The number of nitrogens with one attached hydrogen (secondary N) is 1. The molecule has 14 heavy (non-hydrogen) atoms. The van der Waals surface area contributed by atoms with Crippen LogP contribution in [0.2, 0.25) is 0 Å². The highest BCUT2D eigenvalue weighted by Crippen LogP contribution is 2.24. The van der Waals surface area contributed by atoms with Gasteiger partial charge in [-0.2, -0.15) is 0 Å². The van der Waals surface area contributed by atoms with Crippen molar-refractivity contribution < 1.29 is 4.74 Å². The average Bonchev–Trinajstić information content (AvgIpc) is 2.30. The van der Waals surface area contributed by atoms with Gasteiger partial charge in [0.15, 0.2) is 0 Å². The van der Waals surface area contributed by atoms with Gasteiger partial charge in [-0.05, 0) is 12.0 Å². The minimum atomic E-state index is 0.231. The van der Waals surface area contributed by atoms with E-state index in [0.717, 1.165) is 19.6 Å². The van der Waals surface area contributed by atoms with Crippen molar-refractivity contribution in [1.29, 1.82) is 0 Å². The van der Waals surface area contributed by atoms with Crippen molar-refractivity contribution in [3.63, 3.8) is 0 Å². The molecule has 2 nitrogen and oxygen atoms in total. The number of benzene rings is 1. The molecule has 2 rings (SSSR count). The van der Waals surface area contributed by atoms with Crippen LogP contribution in [0, 0.1) is 0 Å². The minimum absolute atomic E-state index is 0.231. The van der Waals surface area contributed by atoms with Gasteiger partial charge in [-0.3, -0.25) is 0 Å². The normalized spacial score (nSPS) is 27.5. The second kappa shape index (κ2) is 4.58. The topological polar surface area (TPSA) is 21.3 Å². The van der Waals surface area contributed by atoms with Crippen molar-refractivity contribution in [2.75, 3.05) is 13.2 Å². The number of rotatable bonds is 2. The molecule has 0 aliphatic carbocycles. The van der Waals surface area contributed by atoms with E-state index in [2.05, 4.69) is 36.5 Å². The van der Waals surface area contributed by atoms with E-state index in [4.69, 9.17) is 4.74 Å². The van der Waals surface area contributed by atoms with Gasteiger partial charge >= 0.3 is 0 Å². The molecular formula is C12H17NO. The van der Waals surface area contributed by atoms with Gasteiger partial charge in [-0.25, -0.2) is 0 Å². The van der Waals surface area contributed by atoms with Gasteiger partial charge in [0.05, 0.1) is 12.7 Å². The van der Waals surface area contributed by atoms with Crippen LogP contribution in [0.25, 0.3) is 0 Å². The minimum Gasteiger partial charge on any atom is -0.371 e. The lowest BCUT2D eigenvalue weighted by Crippen LogP contribution is -2.43. The Morgan fingerprint density at radius 2 is 2.14 bits per heavy atom. The van der Waals surface area contributed by atoms with Crippen LogP contribution < -0.4 is 5.32 Å². The SMILES string of the molecule is CC[C@@H]1NCCO[C@@H]1c1ccccc1. The molecule has 1 saturated heterocycles. The largest absolute Gasteiger partial charge is 0.371 e. The Hall–Kier alpha value is -0.860. The maximum absolute atomic E-state index is 5.80. The first-order valence-corrected chi connectivity index (χ1v) is 5.31. The summed E-state index contributed by atoms with van der Waals surface area (Å²) < 4.78 is 5.80. The summed E-state index contributed by atoms with van der Waals surface area (Å²) in [6.07, 6.45) is 1.34. The van der Waals surface area contributed by atoms with Gasteiger partial charge in [0.2, 0.25) is 0 Å². The molecule has 1 aliphatic rings. The molecule has 76 valence electrons. The average molecular weight is 191 g/mol. The van der Waals surface area contributed by atoms with Gasteiger partial charge in [0.1, 0.15) is 0 Å². The second-order valence-corrected chi connectivity index (χ2v) is 3.67. The van der Waals surface area contributed by atoms with Crippen LogP contribution in [0.5, 0.6) is 0 Å². The molecule has 1 aliphatic heterocycles. The Morgan fingerprint density at radius 1 is 1.36 bits per heavy atom. The number of ether oxygens (including phenoxy) is 1. The van der Waals surface area contributed by atoms with Crippen molar-refractivity contribution in [2.24, 2.45) is 0 Å². The summed E-state index contributed by atoms with van der Waals surface area (Å²) in [7, 11) is 0. The van der Waals surface area contributed by atoms with E-state index < -0.39 is 0 Å². The van der Waals surface area contributed by atoms with Crippen LogP contribution in [0.4, 0.5) is 0 Å². The smallest absolute Gasteiger partial charge is 0.0978 e. The molecule has 1 aromatic rings. The molecule has 0 unspecified atom stereocenters. The lowest BCUT2D eigenvalue weighted by atomic mass is 9.99. The summed E-state index contributed by atoms with van der Waals surface area (Å²) >= 11 is 0. The second-order valence-electron chi connectivity index (χ2n) is 3.67. The third-order valence-corrected chi connectivity index (χ3v) is 2.74. The van der Waals surface area contributed by atoms with Gasteiger partial charge < -0.3 is 10.1 Å². The van der Waals surface area contributed by atoms with Gasteiger partial charge in [-0.15, -0.1) is 0 Å². The van der Waals surface area contributed by atoms with E-state index in [1.165, 1.54) is 5.56 Å². The monoisotopic (exact) mass is 191 g/mol. The molecule has 0 saturated carbocycles. The van der Waals surface area contributed by atoms with Gasteiger partial charge in [-0.1, -0.05) is 37.3 Å².